The molecule has 120 valence electrons. The number of alkyl halides is 1. The molecule has 6 nitrogen and oxygen atoms in total. The smallest absolute Gasteiger partial charge is 0.301 e. The summed E-state index contributed by atoms with van der Waals surface area (Å²) in [6, 6.07) is 6.23. The van der Waals surface area contributed by atoms with Crippen molar-refractivity contribution in [1.82, 2.24) is 13.9 Å². The van der Waals surface area contributed by atoms with E-state index in [0.29, 0.717) is 11.4 Å². The van der Waals surface area contributed by atoms with Crippen LogP contribution in [0.2, 0.25) is 0 Å². The number of benzene rings is 1. The second-order valence-electron chi connectivity index (χ2n) is 5.28. The number of aryl methyl sites for hydroxylation is 1. The maximum Gasteiger partial charge on any atom is 0.335 e. The Morgan fingerprint density at radius 1 is 1.35 bits per heavy atom. The van der Waals surface area contributed by atoms with Crippen LogP contribution in [0, 0.1) is 6.92 Å². The summed E-state index contributed by atoms with van der Waals surface area (Å²) < 4.78 is 5.60. The Hall–Kier alpha value is -1.64. The molecular weight excluding hydrogens is 382 g/mol. The van der Waals surface area contributed by atoms with Crippen LogP contribution in [0.4, 0.5) is 0 Å². The number of hydrogen-bond donors (Lipinski definition) is 1. The SMILES string of the molecule is Cc1cc(=O)n(-c2ccc3c(c2)C(C(=O)CBr)NS3)c(=O)n1C. The van der Waals surface area contributed by atoms with Crippen LogP contribution in [0.5, 0.6) is 0 Å². The molecule has 1 aromatic carbocycles. The summed E-state index contributed by atoms with van der Waals surface area (Å²) in [5.74, 6) is -0.00226. The maximum atomic E-state index is 12.4. The second kappa shape index (κ2) is 6.10. The third-order valence-corrected chi connectivity index (χ3v) is 5.36. The minimum absolute atomic E-state index is 0.00226. The topological polar surface area (TPSA) is 73.1 Å². The van der Waals surface area contributed by atoms with Crippen LogP contribution in [0.1, 0.15) is 17.3 Å². The number of aromatic nitrogens is 2. The molecule has 2 aromatic rings. The summed E-state index contributed by atoms with van der Waals surface area (Å²) in [5, 5.41) is 0.237. The van der Waals surface area contributed by atoms with Crippen LogP contribution in [0.15, 0.2) is 38.8 Å². The van der Waals surface area contributed by atoms with Gasteiger partial charge in [0.1, 0.15) is 6.04 Å². The van der Waals surface area contributed by atoms with Crippen LogP contribution in [0.25, 0.3) is 5.69 Å². The van der Waals surface area contributed by atoms with Crippen molar-refractivity contribution in [3.05, 3.63) is 56.4 Å². The van der Waals surface area contributed by atoms with E-state index >= 15 is 0 Å². The van der Waals surface area contributed by atoms with Crippen LogP contribution < -0.4 is 16.0 Å². The van der Waals surface area contributed by atoms with Crippen molar-refractivity contribution in [3.8, 4) is 5.69 Å². The molecule has 0 saturated carbocycles. The Bertz CT molecular complexity index is 919. The van der Waals surface area contributed by atoms with Crippen LogP contribution in [0.3, 0.4) is 0 Å². The van der Waals surface area contributed by atoms with Crippen LogP contribution >= 0.6 is 27.9 Å². The monoisotopic (exact) mass is 395 g/mol. The summed E-state index contributed by atoms with van der Waals surface area (Å²) in [4.78, 5) is 37.6. The van der Waals surface area contributed by atoms with E-state index in [1.54, 1.807) is 26.1 Å². The molecule has 2 heterocycles. The van der Waals surface area contributed by atoms with E-state index in [9.17, 15) is 14.4 Å². The summed E-state index contributed by atoms with van der Waals surface area (Å²) in [6.07, 6.45) is 0. The molecule has 1 unspecified atom stereocenters. The minimum Gasteiger partial charge on any atom is -0.301 e. The first-order valence-electron chi connectivity index (χ1n) is 6.89. The molecule has 1 aliphatic heterocycles. The predicted octanol–water partition coefficient (Wildman–Crippen LogP) is 1.46. The fourth-order valence-electron chi connectivity index (χ4n) is 2.47. The Balaban J connectivity index is 2.18. The van der Waals surface area contributed by atoms with E-state index < -0.39 is 11.7 Å². The van der Waals surface area contributed by atoms with Gasteiger partial charge in [0.15, 0.2) is 5.78 Å². The van der Waals surface area contributed by atoms with E-state index in [1.165, 1.54) is 22.6 Å². The van der Waals surface area contributed by atoms with E-state index in [2.05, 4.69) is 20.7 Å². The van der Waals surface area contributed by atoms with Crippen LogP contribution in [-0.2, 0) is 11.8 Å². The van der Waals surface area contributed by atoms with Gasteiger partial charge in [-0.1, -0.05) is 15.9 Å². The highest BCUT2D eigenvalue weighted by atomic mass is 79.9. The molecule has 0 amide bonds. The Labute approximate surface area is 144 Å². The average Bonchev–Trinajstić information content (AvgIpc) is 2.95. The van der Waals surface area contributed by atoms with E-state index in [0.717, 1.165) is 15.0 Å². The number of fused-ring (bicyclic) bond motifs is 1. The van der Waals surface area contributed by atoms with Crippen molar-refractivity contribution in [1.29, 1.82) is 0 Å². The lowest BCUT2D eigenvalue weighted by atomic mass is 10.0. The fourth-order valence-corrected chi connectivity index (χ4v) is 3.73. The third-order valence-electron chi connectivity index (χ3n) is 3.86. The third kappa shape index (κ3) is 2.71. The molecule has 0 spiro atoms. The quantitative estimate of drug-likeness (QED) is 0.628. The summed E-state index contributed by atoms with van der Waals surface area (Å²) in [6.45, 7) is 1.71. The number of nitrogens with zero attached hydrogens (tertiary/aromatic N) is 2. The average molecular weight is 396 g/mol. The van der Waals surface area contributed by atoms with Crippen molar-refractivity contribution in [3.63, 3.8) is 0 Å². The number of carbonyl (C=O) groups is 1. The molecule has 1 atom stereocenters. The number of carbonyl (C=O) groups excluding carboxylic acids is 1. The molecule has 0 bridgehead atoms. The lowest BCUT2D eigenvalue weighted by Gasteiger charge is -2.12. The maximum absolute atomic E-state index is 12.4. The molecule has 3 rings (SSSR count). The normalized spacial score (nSPS) is 16.4. The number of hydrogen-bond acceptors (Lipinski definition) is 5. The molecule has 0 fully saturated rings. The second-order valence-corrected chi connectivity index (χ2v) is 6.72. The fraction of sp³-hybridized carbons (Fsp3) is 0.267. The minimum atomic E-state index is -0.445. The summed E-state index contributed by atoms with van der Waals surface area (Å²) in [7, 11) is 1.62. The van der Waals surface area contributed by atoms with Gasteiger partial charge in [0.2, 0.25) is 0 Å². The Morgan fingerprint density at radius 3 is 2.78 bits per heavy atom. The first kappa shape index (κ1) is 16.2. The lowest BCUT2D eigenvalue weighted by Crippen LogP contribution is -2.38. The first-order chi connectivity index (χ1) is 10.9. The van der Waals surface area contributed by atoms with Gasteiger partial charge in [0.05, 0.1) is 11.0 Å². The van der Waals surface area contributed by atoms with Gasteiger partial charge in [-0.3, -0.25) is 9.59 Å². The molecule has 8 heteroatoms. The summed E-state index contributed by atoms with van der Waals surface area (Å²) in [5.41, 5.74) is 1.06. The van der Waals surface area contributed by atoms with E-state index in [-0.39, 0.29) is 16.7 Å². The molecule has 1 aliphatic rings. The largest absolute Gasteiger partial charge is 0.335 e. The molecule has 0 radical (unpaired) electrons. The zero-order valence-electron chi connectivity index (χ0n) is 12.5. The molecule has 0 aliphatic carbocycles. The van der Waals surface area contributed by atoms with Gasteiger partial charge in [-0.25, -0.2) is 14.1 Å². The van der Waals surface area contributed by atoms with Crippen molar-refractivity contribution >= 4 is 33.7 Å². The highest BCUT2D eigenvalue weighted by molar-refractivity contribution is 9.09. The van der Waals surface area contributed by atoms with E-state index in [4.69, 9.17) is 0 Å². The van der Waals surface area contributed by atoms with E-state index in [1.807, 2.05) is 6.07 Å². The number of nitrogens with one attached hydrogen (secondary N) is 1. The van der Waals surface area contributed by atoms with Gasteiger partial charge in [-0.15, -0.1) is 0 Å². The lowest BCUT2D eigenvalue weighted by molar-refractivity contribution is -0.118. The Kier molecular flexibility index (Phi) is 4.31. The number of Topliss-reactive ketones (excluding diaryl/α,β-unsaturated/α-hetero) is 1. The van der Waals surface area contributed by atoms with Gasteiger partial charge in [0, 0.05) is 23.7 Å². The zero-order chi connectivity index (χ0) is 16.7. The summed E-state index contributed by atoms with van der Waals surface area (Å²) >= 11 is 4.55. The number of ketones is 1. The standard InChI is InChI=1S/C15H14BrN3O3S/c1-8-5-13(21)19(15(22)18(8)2)9-3-4-12-10(6-9)14(17-23-12)11(20)7-16/h3-6,14,17H,7H2,1-2H3. The highest BCUT2D eigenvalue weighted by Crippen LogP contribution is 2.36. The van der Waals surface area contributed by atoms with Crippen LogP contribution in [-0.4, -0.2) is 20.2 Å². The van der Waals surface area contributed by atoms with Crippen molar-refractivity contribution < 1.29 is 4.79 Å². The zero-order valence-corrected chi connectivity index (χ0v) is 14.9. The molecule has 23 heavy (non-hydrogen) atoms. The highest BCUT2D eigenvalue weighted by Gasteiger charge is 2.28. The van der Waals surface area contributed by atoms with Crippen molar-refractivity contribution in [2.45, 2.75) is 17.9 Å². The molecule has 1 N–H and O–H groups in total. The molecule has 1 aromatic heterocycles. The number of rotatable bonds is 3. The number of halogens is 1. The van der Waals surface area contributed by atoms with Gasteiger partial charge in [-0.2, -0.15) is 0 Å². The van der Waals surface area contributed by atoms with Gasteiger partial charge in [0.25, 0.3) is 5.56 Å². The van der Waals surface area contributed by atoms with Crippen molar-refractivity contribution in [2.75, 3.05) is 5.33 Å². The first-order valence-corrected chi connectivity index (χ1v) is 8.83. The van der Waals surface area contributed by atoms with Gasteiger partial charge >= 0.3 is 5.69 Å². The Morgan fingerprint density at radius 2 is 2.09 bits per heavy atom. The predicted molar refractivity (Wildman–Crippen MR) is 92.6 cm³/mol. The molecule has 0 saturated heterocycles. The van der Waals surface area contributed by atoms with Gasteiger partial charge in [-0.05, 0) is 42.6 Å². The molecular formula is C15H14BrN3O3S. The van der Waals surface area contributed by atoms with Gasteiger partial charge < -0.3 is 4.57 Å². The van der Waals surface area contributed by atoms with Crippen molar-refractivity contribution in [2.24, 2.45) is 7.05 Å².